The molecule has 0 atom stereocenters. The second-order valence-corrected chi connectivity index (χ2v) is 7.94. The molecule has 0 radical (unpaired) electrons. The third kappa shape index (κ3) is 4.00. The first kappa shape index (κ1) is 18.8. The molecule has 0 bridgehead atoms. The van der Waals surface area contributed by atoms with Gasteiger partial charge in [0.2, 0.25) is 0 Å². The molecule has 1 aromatic carbocycles. The molecule has 0 saturated carbocycles. The van der Waals surface area contributed by atoms with Crippen LogP contribution in [-0.4, -0.2) is 46.9 Å². The van der Waals surface area contributed by atoms with Crippen molar-refractivity contribution >= 4 is 17.2 Å². The van der Waals surface area contributed by atoms with E-state index < -0.39 is 0 Å². The lowest BCUT2D eigenvalue weighted by Gasteiger charge is -2.34. The lowest BCUT2D eigenvalue weighted by molar-refractivity contribution is 0.0627. The van der Waals surface area contributed by atoms with Gasteiger partial charge in [-0.25, -0.2) is 9.37 Å². The summed E-state index contributed by atoms with van der Waals surface area (Å²) in [6.45, 7) is 7.16. The zero-order chi connectivity index (χ0) is 19.7. The fourth-order valence-corrected chi connectivity index (χ4v) is 4.06. The number of hydrogen-bond donors (Lipinski definition) is 0. The normalized spacial score (nSPS) is 15.2. The van der Waals surface area contributed by atoms with Crippen LogP contribution in [0.3, 0.4) is 0 Å². The molecular weight excluding hydrogens is 377 g/mol. The molecule has 7 heteroatoms. The molecular formula is C21H22FN3O2S. The summed E-state index contributed by atoms with van der Waals surface area (Å²) in [5.41, 5.74) is 1.97. The summed E-state index contributed by atoms with van der Waals surface area (Å²) >= 11 is 1.58. The zero-order valence-electron chi connectivity index (χ0n) is 15.9. The number of halogens is 1. The van der Waals surface area contributed by atoms with E-state index in [0.717, 1.165) is 41.9 Å². The van der Waals surface area contributed by atoms with E-state index in [9.17, 15) is 9.18 Å². The van der Waals surface area contributed by atoms with Crippen molar-refractivity contribution in [3.8, 4) is 10.8 Å². The smallest absolute Gasteiger partial charge is 0.254 e. The highest BCUT2D eigenvalue weighted by Crippen LogP contribution is 2.26. The molecule has 0 aliphatic carbocycles. The van der Waals surface area contributed by atoms with Crippen LogP contribution in [0, 0.1) is 19.7 Å². The molecule has 146 valence electrons. The Morgan fingerprint density at radius 3 is 2.64 bits per heavy atom. The number of furan rings is 1. The molecule has 0 unspecified atom stereocenters. The van der Waals surface area contributed by atoms with Crippen LogP contribution in [-0.2, 0) is 6.54 Å². The third-order valence-corrected chi connectivity index (χ3v) is 5.87. The van der Waals surface area contributed by atoms with Gasteiger partial charge in [-0.2, -0.15) is 0 Å². The fraction of sp³-hybridized carbons (Fsp3) is 0.333. The van der Waals surface area contributed by atoms with Gasteiger partial charge >= 0.3 is 0 Å². The predicted molar refractivity (Wildman–Crippen MR) is 107 cm³/mol. The van der Waals surface area contributed by atoms with Crippen molar-refractivity contribution in [1.82, 2.24) is 14.8 Å². The Labute approximate surface area is 167 Å². The van der Waals surface area contributed by atoms with Crippen LogP contribution in [0.25, 0.3) is 10.8 Å². The summed E-state index contributed by atoms with van der Waals surface area (Å²) < 4.78 is 19.4. The Kier molecular flexibility index (Phi) is 5.28. The van der Waals surface area contributed by atoms with Crippen LogP contribution in [0.1, 0.15) is 27.4 Å². The Morgan fingerprint density at radius 1 is 1.18 bits per heavy atom. The zero-order valence-corrected chi connectivity index (χ0v) is 16.8. The average molecular weight is 399 g/mol. The molecule has 5 nitrogen and oxygen atoms in total. The number of thiazole rings is 1. The van der Waals surface area contributed by atoms with Gasteiger partial charge in [-0.1, -0.05) is 6.07 Å². The first-order chi connectivity index (χ1) is 13.5. The van der Waals surface area contributed by atoms with Gasteiger partial charge in [0.05, 0.1) is 5.69 Å². The molecule has 0 N–H and O–H groups in total. The van der Waals surface area contributed by atoms with E-state index in [2.05, 4.69) is 15.3 Å². The lowest BCUT2D eigenvalue weighted by Crippen LogP contribution is -2.48. The number of carbonyl (C=O) groups excluding carboxylic acids is 1. The van der Waals surface area contributed by atoms with Crippen molar-refractivity contribution in [3.63, 3.8) is 0 Å². The van der Waals surface area contributed by atoms with Gasteiger partial charge in [-0.05, 0) is 43.7 Å². The number of amides is 1. The highest BCUT2D eigenvalue weighted by atomic mass is 32.1. The van der Waals surface area contributed by atoms with E-state index >= 15 is 0 Å². The largest absolute Gasteiger partial charge is 0.459 e. The number of hydrogen-bond acceptors (Lipinski definition) is 5. The molecule has 0 spiro atoms. The third-order valence-electron chi connectivity index (χ3n) is 4.97. The summed E-state index contributed by atoms with van der Waals surface area (Å²) in [5, 5.41) is 2.94. The minimum Gasteiger partial charge on any atom is -0.459 e. The number of aryl methyl sites for hydroxylation is 2. The average Bonchev–Trinajstić information content (AvgIpc) is 3.33. The van der Waals surface area contributed by atoms with E-state index in [1.807, 2.05) is 19.1 Å². The number of piperazine rings is 1. The summed E-state index contributed by atoms with van der Waals surface area (Å²) in [5.74, 6) is 1.23. The van der Waals surface area contributed by atoms with Crippen LogP contribution in [0.4, 0.5) is 4.39 Å². The molecule has 1 amide bonds. The number of nitrogens with zero attached hydrogens (tertiary/aromatic N) is 3. The van der Waals surface area contributed by atoms with Gasteiger partial charge in [-0.15, -0.1) is 11.3 Å². The Bertz CT molecular complexity index is 989. The predicted octanol–water partition coefficient (Wildman–Crippen LogP) is 4.12. The molecule has 2 aromatic heterocycles. The first-order valence-electron chi connectivity index (χ1n) is 9.28. The topological polar surface area (TPSA) is 49.6 Å². The number of carbonyl (C=O) groups is 1. The van der Waals surface area contributed by atoms with Crippen molar-refractivity contribution in [3.05, 3.63) is 64.1 Å². The molecule has 1 saturated heterocycles. The van der Waals surface area contributed by atoms with Crippen molar-refractivity contribution in [2.45, 2.75) is 20.4 Å². The van der Waals surface area contributed by atoms with Gasteiger partial charge in [0.15, 0.2) is 10.8 Å². The van der Waals surface area contributed by atoms with Crippen LogP contribution in [0.5, 0.6) is 0 Å². The maximum absolute atomic E-state index is 13.7. The highest BCUT2D eigenvalue weighted by Gasteiger charge is 2.23. The standard InChI is InChI=1S/C21H22FN3O2S/c1-14-3-5-16(11-18(14)22)21(26)25-9-7-24(8-10-25)12-17-13-28-20(23-17)19-6-4-15(2)27-19/h3-6,11,13H,7-10,12H2,1-2H3. The summed E-state index contributed by atoms with van der Waals surface area (Å²) in [6, 6.07) is 8.55. The number of benzene rings is 1. The van der Waals surface area contributed by atoms with Crippen LogP contribution >= 0.6 is 11.3 Å². The van der Waals surface area contributed by atoms with E-state index in [1.165, 1.54) is 6.07 Å². The van der Waals surface area contributed by atoms with E-state index in [-0.39, 0.29) is 11.7 Å². The Morgan fingerprint density at radius 2 is 1.96 bits per heavy atom. The highest BCUT2D eigenvalue weighted by molar-refractivity contribution is 7.13. The van der Waals surface area contributed by atoms with Gasteiger partial charge in [-0.3, -0.25) is 9.69 Å². The molecule has 1 aliphatic heterocycles. The fourth-order valence-electron chi connectivity index (χ4n) is 3.29. The van der Waals surface area contributed by atoms with Crippen molar-refractivity contribution in [2.24, 2.45) is 0 Å². The maximum atomic E-state index is 13.7. The molecule has 1 aliphatic rings. The Hall–Kier alpha value is -2.51. The SMILES string of the molecule is Cc1ccc(-c2nc(CN3CCN(C(=O)c4ccc(C)c(F)c4)CC3)cs2)o1. The molecule has 1 fully saturated rings. The van der Waals surface area contributed by atoms with Gasteiger partial charge in [0.25, 0.3) is 5.91 Å². The summed E-state index contributed by atoms with van der Waals surface area (Å²) in [4.78, 5) is 21.4. The molecule has 3 aromatic rings. The number of aromatic nitrogens is 1. The van der Waals surface area contributed by atoms with Crippen LogP contribution < -0.4 is 0 Å². The van der Waals surface area contributed by atoms with Crippen molar-refractivity contribution in [2.75, 3.05) is 26.2 Å². The van der Waals surface area contributed by atoms with Gasteiger partial charge < -0.3 is 9.32 Å². The van der Waals surface area contributed by atoms with Crippen molar-refractivity contribution < 1.29 is 13.6 Å². The summed E-state index contributed by atoms with van der Waals surface area (Å²) in [6.07, 6.45) is 0. The molecule has 3 heterocycles. The van der Waals surface area contributed by atoms with Gasteiger partial charge in [0.1, 0.15) is 11.6 Å². The van der Waals surface area contributed by atoms with Crippen LogP contribution in [0.15, 0.2) is 40.1 Å². The number of rotatable bonds is 4. The summed E-state index contributed by atoms with van der Waals surface area (Å²) in [7, 11) is 0. The second kappa shape index (κ2) is 7.85. The Balaban J connectivity index is 1.33. The second-order valence-electron chi connectivity index (χ2n) is 7.09. The minimum absolute atomic E-state index is 0.109. The molecule has 4 rings (SSSR count). The van der Waals surface area contributed by atoms with Crippen molar-refractivity contribution in [1.29, 1.82) is 0 Å². The maximum Gasteiger partial charge on any atom is 0.254 e. The monoisotopic (exact) mass is 399 g/mol. The first-order valence-corrected chi connectivity index (χ1v) is 10.2. The molecule has 28 heavy (non-hydrogen) atoms. The van der Waals surface area contributed by atoms with E-state index in [1.54, 1.807) is 35.3 Å². The lowest BCUT2D eigenvalue weighted by atomic mass is 10.1. The van der Waals surface area contributed by atoms with Crippen LogP contribution in [0.2, 0.25) is 0 Å². The van der Waals surface area contributed by atoms with E-state index in [4.69, 9.17) is 4.42 Å². The quantitative estimate of drug-likeness (QED) is 0.662. The van der Waals surface area contributed by atoms with Gasteiger partial charge in [0, 0.05) is 43.7 Å². The van der Waals surface area contributed by atoms with E-state index in [0.29, 0.717) is 24.2 Å². The minimum atomic E-state index is -0.337.